The van der Waals surface area contributed by atoms with Crippen molar-refractivity contribution in [2.24, 2.45) is 5.92 Å². The smallest absolute Gasteiger partial charge is 0.312 e. The van der Waals surface area contributed by atoms with Crippen molar-refractivity contribution >= 4 is 7.75 Å². The Labute approximate surface area is 79.2 Å². The maximum atomic E-state index is 11.2. The summed E-state index contributed by atoms with van der Waals surface area (Å²) in [6, 6.07) is 0. The fourth-order valence-electron chi connectivity index (χ4n) is 1.91. The Morgan fingerprint density at radius 1 is 1.46 bits per heavy atom. The molecule has 0 amide bonds. The van der Waals surface area contributed by atoms with Crippen LogP contribution in [-0.2, 0) is 4.57 Å². The first kappa shape index (κ1) is 11.2. The molecule has 13 heavy (non-hydrogen) atoms. The van der Waals surface area contributed by atoms with E-state index in [1.54, 1.807) is 0 Å². The van der Waals surface area contributed by atoms with E-state index in [0.717, 1.165) is 12.8 Å². The van der Waals surface area contributed by atoms with E-state index in [4.69, 9.17) is 9.79 Å². The first-order chi connectivity index (χ1) is 5.76. The maximum absolute atomic E-state index is 11.2. The van der Waals surface area contributed by atoms with Crippen LogP contribution >= 0.6 is 7.75 Å². The summed E-state index contributed by atoms with van der Waals surface area (Å²) >= 11 is 0. The van der Waals surface area contributed by atoms with Crippen molar-refractivity contribution in [1.29, 1.82) is 0 Å². The lowest BCUT2D eigenvalue weighted by molar-refractivity contribution is 0.0769. The minimum atomic E-state index is -4.07. The van der Waals surface area contributed by atoms with E-state index in [-0.39, 0.29) is 0 Å². The fraction of sp³-hybridized carbons (Fsp3) is 1.00. The Morgan fingerprint density at radius 2 is 2.00 bits per heavy atom. The standard InChI is InChI=1S/C8H18NO3P/c1-7-5-4-6-9(8(7,2)3)13(10,11)12/h7H,4-6H2,1-3H3,(H2,10,11,12). The number of hydrogen-bond acceptors (Lipinski definition) is 1. The molecule has 1 heterocycles. The first-order valence-electron chi connectivity index (χ1n) is 4.60. The van der Waals surface area contributed by atoms with Crippen LogP contribution in [0.25, 0.3) is 0 Å². The fourth-order valence-corrected chi connectivity index (χ4v) is 3.18. The molecule has 0 spiro atoms. The predicted octanol–water partition coefficient (Wildman–Crippen LogP) is 1.59. The number of rotatable bonds is 1. The Morgan fingerprint density at radius 3 is 2.38 bits per heavy atom. The average Bonchev–Trinajstić information content (AvgIpc) is 1.92. The molecule has 78 valence electrons. The molecule has 2 N–H and O–H groups in total. The van der Waals surface area contributed by atoms with Crippen LogP contribution in [0.2, 0.25) is 0 Å². The molecule has 0 radical (unpaired) electrons. The van der Waals surface area contributed by atoms with Crippen LogP contribution in [-0.4, -0.2) is 26.5 Å². The quantitative estimate of drug-likeness (QED) is 0.641. The van der Waals surface area contributed by atoms with Crippen LogP contribution in [0.5, 0.6) is 0 Å². The lowest BCUT2D eigenvalue weighted by atomic mass is 9.82. The van der Waals surface area contributed by atoms with Crippen LogP contribution < -0.4 is 0 Å². The second-order valence-corrected chi connectivity index (χ2v) is 5.84. The first-order valence-corrected chi connectivity index (χ1v) is 6.16. The van der Waals surface area contributed by atoms with Gasteiger partial charge in [0.1, 0.15) is 0 Å². The SMILES string of the molecule is CC1CCCN(P(=O)(O)O)C1(C)C. The summed E-state index contributed by atoms with van der Waals surface area (Å²) in [5.74, 6) is 0.328. The van der Waals surface area contributed by atoms with E-state index >= 15 is 0 Å². The Hall–Kier alpha value is 0.110. The van der Waals surface area contributed by atoms with Crippen LogP contribution in [0.1, 0.15) is 33.6 Å². The van der Waals surface area contributed by atoms with Crippen molar-refractivity contribution in [3.05, 3.63) is 0 Å². The zero-order valence-electron chi connectivity index (χ0n) is 8.40. The van der Waals surface area contributed by atoms with Crippen LogP contribution in [0.3, 0.4) is 0 Å². The van der Waals surface area contributed by atoms with Crippen molar-refractivity contribution in [2.75, 3.05) is 6.54 Å². The summed E-state index contributed by atoms with van der Waals surface area (Å²) in [6.45, 7) is 6.34. The molecular weight excluding hydrogens is 189 g/mol. The molecule has 0 aromatic carbocycles. The Balaban J connectivity index is 2.91. The van der Waals surface area contributed by atoms with Crippen LogP contribution in [0.15, 0.2) is 0 Å². The molecule has 0 aromatic rings. The van der Waals surface area contributed by atoms with Crippen molar-refractivity contribution in [1.82, 2.24) is 4.67 Å². The third kappa shape index (κ3) is 2.13. The minimum absolute atomic E-state index is 0.328. The van der Waals surface area contributed by atoms with Gasteiger partial charge in [-0.1, -0.05) is 6.92 Å². The van der Waals surface area contributed by atoms with E-state index in [1.165, 1.54) is 4.67 Å². The van der Waals surface area contributed by atoms with Gasteiger partial charge in [-0.05, 0) is 32.6 Å². The molecule has 1 aliphatic heterocycles. The number of piperidine rings is 1. The van der Waals surface area contributed by atoms with Gasteiger partial charge in [-0.15, -0.1) is 0 Å². The van der Waals surface area contributed by atoms with Crippen LogP contribution in [0, 0.1) is 5.92 Å². The molecule has 0 saturated carbocycles. The monoisotopic (exact) mass is 207 g/mol. The van der Waals surface area contributed by atoms with Gasteiger partial charge in [-0.25, -0.2) is 9.24 Å². The van der Waals surface area contributed by atoms with Crippen molar-refractivity contribution in [3.8, 4) is 0 Å². The third-order valence-electron chi connectivity index (χ3n) is 3.19. The molecule has 1 saturated heterocycles. The summed E-state index contributed by atoms with van der Waals surface area (Å²) in [6.07, 6.45) is 1.92. The Kier molecular flexibility index (Phi) is 2.89. The summed E-state index contributed by atoms with van der Waals surface area (Å²) in [7, 11) is -4.07. The predicted molar refractivity (Wildman–Crippen MR) is 51.2 cm³/mol. The van der Waals surface area contributed by atoms with Gasteiger partial charge in [0.15, 0.2) is 0 Å². The molecule has 1 aliphatic rings. The highest BCUT2D eigenvalue weighted by Gasteiger charge is 2.43. The van der Waals surface area contributed by atoms with Gasteiger partial charge in [0, 0.05) is 12.1 Å². The molecule has 0 bridgehead atoms. The van der Waals surface area contributed by atoms with E-state index < -0.39 is 13.3 Å². The normalized spacial score (nSPS) is 30.4. The summed E-state index contributed by atoms with van der Waals surface area (Å²) in [5.41, 5.74) is -0.392. The van der Waals surface area contributed by atoms with E-state index in [0.29, 0.717) is 12.5 Å². The number of nitrogens with zero attached hydrogens (tertiary/aromatic N) is 1. The van der Waals surface area contributed by atoms with Gasteiger partial charge in [-0.3, -0.25) is 0 Å². The molecule has 4 nitrogen and oxygen atoms in total. The molecular formula is C8H18NO3P. The molecule has 0 aromatic heterocycles. The third-order valence-corrected chi connectivity index (χ3v) is 4.54. The van der Waals surface area contributed by atoms with Crippen molar-refractivity contribution < 1.29 is 14.4 Å². The molecule has 1 atom stereocenters. The van der Waals surface area contributed by atoms with E-state index in [1.807, 2.05) is 20.8 Å². The second-order valence-electron chi connectivity index (χ2n) is 4.33. The molecule has 0 aliphatic carbocycles. The summed E-state index contributed by atoms with van der Waals surface area (Å²) < 4.78 is 12.5. The molecule has 1 unspecified atom stereocenters. The summed E-state index contributed by atoms with van der Waals surface area (Å²) in [4.78, 5) is 18.3. The average molecular weight is 207 g/mol. The van der Waals surface area contributed by atoms with Crippen molar-refractivity contribution in [3.63, 3.8) is 0 Å². The van der Waals surface area contributed by atoms with Gasteiger partial charge in [0.05, 0.1) is 0 Å². The highest BCUT2D eigenvalue weighted by atomic mass is 31.2. The molecule has 5 heteroatoms. The lowest BCUT2D eigenvalue weighted by Crippen LogP contribution is -2.50. The molecule has 1 fully saturated rings. The van der Waals surface area contributed by atoms with E-state index in [2.05, 4.69) is 0 Å². The van der Waals surface area contributed by atoms with Gasteiger partial charge in [0.2, 0.25) is 0 Å². The van der Waals surface area contributed by atoms with Gasteiger partial charge in [0.25, 0.3) is 0 Å². The van der Waals surface area contributed by atoms with E-state index in [9.17, 15) is 4.57 Å². The van der Waals surface area contributed by atoms with Crippen molar-refractivity contribution in [2.45, 2.75) is 39.2 Å². The summed E-state index contributed by atoms with van der Waals surface area (Å²) in [5, 5.41) is 0. The zero-order valence-corrected chi connectivity index (χ0v) is 9.29. The van der Waals surface area contributed by atoms with Crippen LogP contribution in [0.4, 0.5) is 0 Å². The topological polar surface area (TPSA) is 60.8 Å². The van der Waals surface area contributed by atoms with Gasteiger partial charge < -0.3 is 9.79 Å². The highest BCUT2D eigenvalue weighted by Crippen LogP contribution is 2.50. The van der Waals surface area contributed by atoms with Gasteiger partial charge in [-0.2, -0.15) is 0 Å². The Bertz CT molecular complexity index is 236. The highest BCUT2D eigenvalue weighted by molar-refractivity contribution is 7.49. The second kappa shape index (κ2) is 3.35. The maximum Gasteiger partial charge on any atom is 0.403 e. The zero-order chi connectivity index (χ0) is 10.3. The molecule has 1 rings (SSSR count). The minimum Gasteiger partial charge on any atom is -0.312 e. The lowest BCUT2D eigenvalue weighted by Gasteiger charge is -2.46. The number of hydrogen-bond donors (Lipinski definition) is 2. The van der Waals surface area contributed by atoms with Gasteiger partial charge >= 0.3 is 7.75 Å². The largest absolute Gasteiger partial charge is 0.403 e.